The van der Waals surface area contributed by atoms with Gasteiger partial charge in [0.1, 0.15) is 23.9 Å². The van der Waals surface area contributed by atoms with Crippen molar-refractivity contribution >= 4 is 15.9 Å². The highest BCUT2D eigenvalue weighted by atomic mass is 32.2. The fourth-order valence-electron chi connectivity index (χ4n) is 3.04. The van der Waals surface area contributed by atoms with Gasteiger partial charge in [0, 0.05) is 13.1 Å². The molecular formula is C21H25FN2O5S. The Labute approximate surface area is 175 Å². The molecule has 30 heavy (non-hydrogen) atoms. The molecule has 0 radical (unpaired) electrons. The Bertz CT molecular complexity index is 942. The molecule has 1 heterocycles. The van der Waals surface area contributed by atoms with E-state index in [2.05, 4.69) is 5.32 Å². The maximum atomic E-state index is 12.9. The molecule has 1 N–H and O–H groups in total. The van der Waals surface area contributed by atoms with Gasteiger partial charge in [-0.15, -0.1) is 0 Å². The number of nitrogens with zero attached hydrogens (tertiary/aromatic N) is 1. The van der Waals surface area contributed by atoms with Crippen molar-refractivity contribution in [3.8, 4) is 11.5 Å². The van der Waals surface area contributed by atoms with Crippen molar-refractivity contribution in [3.05, 3.63) is 54.3 Å². The Kier molecular flexibility index (Phi) is 7.28. The quantitative estimate of drug-likeness (QED) is 0.611. The van der Waals surface area contributed by atoms with Gasteiger partial charge in [0.05, 0.1) is 11.4 Å². The van der Waals surface area contributed by atoms with E-state index in [1.807, 2.05) is 0 Å². The third-order valence-corrected chi connectivity index (χ3v) is 6.61. The standard InChI is InChI=1S/C21H25FN2O5S/c1-16(29-19-6-4-17(22)5-7-19)21(25)23-12-15-28-18-8-10-20(11-9-18)30(26,27)24-13-2-3-14-24/h4-11,16H,2-3,12-15H2,1H3,(H,23,25)/t16-/m0/s1. The summed E-state index contributed by atoms with van der Waals surface area (Å²) in [5.74, 6) is 0.216. The number of ether oxygens (including phenoxy) is 2. The van der Waals surface area contributed by atoms with E-state index in [1.54, 1.807) is 19.1 Å². The van der Waals surface area contributed by atoms with Crippen molar-refractivity contribution in [2.75, 3.05) is 26.2 Å². The molecule has 0 bridgehead atoms. The van der Waals surface area contributed by atoms with Crippen molar-refractivity contribution in [2.45, 2.75) is 30.8 Å². The predicted octanol–water partition coefficient (Wildman–Crippen LogP) is 2.57. The second kappa shape index (κ2) is 9.90. The van der Waals surface area contributed by atoms with Crippen LogP contribution in [0.2, 0.25) is 0 Å². The molecule has 3 rings (SSSR count). The average Bonchev–Trinajstić information content (AvgIpc) is 3.29. The Morgan fingerprint density at radius 2 is 1.67 bits per heavy atom. The number of benzene rings is 2. The molecule has 2 aromatic rings. The zero-order valence-corrected chi connectivity index (χ0v) is 17.5. The largest absolute Gasteiger partial charge is 0.492 e. The van der Waals surface area contributed by atoms with Crippen LogP contribution in [0.15, 0.2) is 53.4 Å². The normalized spacial score (nSPS) is 15.5. The van der Waals surface area contributed by atoms with Crippen LogP contribution in [0.3, 0.4) is 0 Å². The number of carbonyl (C=O) groups is 1. The third kappa shape index (κ3) is 5.70. The molecule has 7 nitrogen and oxygen atoms in total. The molecule has 0 aliphatic carbocycles. The van der Waals surface area contributed by atoms with Crippen LogP contribution < -0.4 is 14.8 Å². The predicted molar refractivity (Wildman–Crippen MR) is 109 cm³/mol. The van der Waals surface area contributed by atoms with Crippen LogP contribution >= 0.6 is 0 Å². The molecule has 1 atom stereocenters. The summed E-state index contributed by atoms with van der Waals surface area (Å²) in [6.07, 6.45) is 1.03. The van der Waals surface area contributed by atoms with Crippen LogP contribution in [0.4, 0.5) is 4.39 Å². The van der Waals surface area contributed by atoms with E-state index < -0.39 is 16.1 Å². The summed E-state index contributed by atoms with van der Waals surface area (Å²) in [7, 11) is -3.44. The molecule has 1 aliphatic rings. The highest BCUT2D eigenvalue weighted by Gasteiger charge is 2.26. The van der Waals surface area contributed by atoms with Crippen LogP contribution in [-0.4, -0.2) is 51.0 Å². The highest BCUT2D eigenvalue weighted by Crippen LogP contribution is 2.22. The van der Waals surface area contributed by atoms with Crippen molar-refractivity contribution in [3.63, 3.8) is 0 Å². The number of hydrogen-bond acceptors (Lipinski definition) is 5. The summed E-state index contributed by atoms with van der Waals surface area (Å²) < 4.78 is 50.4. The van der Waals surface area contributed by atoms with E-state index in [9.17, 15) is 17.6 Å². The Balaban J connectivity index is 1.41. The lowest BCUT2D eigenvalue weighted by atomic mass is 10.3. The molecule has 1 amide bonds. The molecule has 0 spiro atoms. The van der Waals surface area contributed by atoms with Gasteiger partial charge in [0.25, 0.3) is 5.91 Å². The summed E-state index contributed by atoms with van der Waals surface area (Å²) in [5, 5.41) is 2.69. The highest BCUT2D eigenvalue weighted by molar-refractivity contribution is 7.89. The molecule has 1 fully saturated rings. The SMILES string of the molecule is C[C@H](Oc1ccc(F)cc1)C(=O)NCCOc1ccc(S(=O)(=O)N2CCCC2)cc1. The molecule has 1 aliphatic heterocycles. The molecule has 0 unspecified atom stereocenters. The van der Waals surface area contributed by atoms with Crippen molar-refractivity contribution < 1.29 is 27.1 Å². The second-order valence-corrected chi connectivity index (χ2v) is 8.87. The first kappa shape index (κ1) is 22.0. The molecule has 2 aromatic carbocycles. The van der Waals surface area contributed by atoms with E-state index in [0.29, 0.717) is 24.6 Å². The van der Waals surface area contributed by atoms with Crippen LogP contribution in [0, 0.1) is 5.82 Å². The van der Waals surface area contributed by atoms with Gasteiger partial charge in [0.2, 0.25) is 10.0 Å². The summed E-state index contributed by atoms with van der Waals surface area (Å²) >= 11 is 0. The average molecular weight is 437 g/mol. The first-order valence-electron chi connectivity index (χ1n) is 9.79. The number of hydrogen-bond donors (Lipinski definition) is 1. The Morgan fingerprint density at radius 1 is 1.07 bits per heavy atom. The summed E-state index contributed by atoms with van der Waals surface area (Å²) in [6, 6.07) is 11.7. The van der Waals surface area contributed by atoms with E-state index >= 15 is 0 Å². The van der Waals surface area contributed by atoms with Crippen LogP contribution in [-0.2, 0) is 14.8 Å². The smallest absolute Gasteiger partial charge is 0.260 e. The van der Waals surface area contributed by atoms with Crippen LogP contribution in [0.25, 0.3) is 0 Å². The van der Waals surface area contributed by atoms with Gasteiger partial charge in [-0.1, -0.05) is 0 Å². The number of nitrogens with one attached hydrogen (secondary N) is 1. The monoisotopic (exact) mass is 436 g/mol. The maximum absolute atomic E-state index is 12.9. The lowest BCUT2D eigenvalue weighted by Gasteiger charge is -2.16. The fourth-order valence-corrected chi connectivity index (χ4v) is 4.56. The Hall–Kier alpha value is -2.65. The first-order chi connectivity index (χ1) is 14.4. The number of sulfonamides is 1. The number of amides is 1. The lowest BCUT2D eigenvalue weighted by Crippen LogP contribution is -2.38. The van der Waals surface area contributed by atoms with Gasteiger partial charge >= 0.3 is 0 Å². The van der Waals surface area contributed by atoms with Gasteiger partial charge in [0.15, 0.2) is 6.10 Å². The van der Waals surface area contributed by atoms with E-state index in [1.165, 1.54) is 40.7 Å². The van der Waals surface area contributed by atoms with Crippen molar-refractivity contribution in [1.82, 2.24) is 9.62 Å². The first-order valence-corrected chi connectivity index (χ1v) is 11.2. The van der Waals surface area contributed by atoms with Gasteiger partial charge in [-0.05, 0) is 68.3 Å². The van der Waals surface area contributed by atoms with Gasteiger partial charge in [-0.3, -0.25) is 4.79 Å². The maximum Gasteiger partial charge on any atom is 0.260 e. The lowest BCUT2D eigenvalue weighted by molar-refractivity contribution is -0.127. The number of halogens is 1. The molecule has 0 saturated carbocycles. The number of rotatable bonds is 9. The molecule has 9 heteroatoms. The topological polar surface area (TPSA) is 84.9 Å². The zero-order chi connectivity index (χ0) is 21.6. The minimum absolute atomic E-state index is 0.216. The van der Waals surface area contributed by atoms with Crippen LogP contribution in [0.5, 0.6) is 11.5 Å². The fraction of sp³-hybridized carbons (Fsp3) is 0.381. The van der Waals surface area contributed by atoms with Crippen molar-refractivity contribution in [1.29, 1.82) is 0 Å². The summed E-state index contributed by atoms with van der Waals surface area (Å²) in [6.45, 7) is 3.18. The molecule has 0 aromatic heterocycles. The second-order valence-electron chi connectivity index (χ2n) is 6.94. The molecular weight excluding hydrogens is 411 g/mol. The van der Waals surface area contributed by atoms with E-state index in [0.717, 1.165) is 12.8 Å². The molecule has 162 valence electrons. The Morgan fingerprint density at radius 3 is 2.30 bits per heavy atom. The molecule has 1 saturated heterocycles. The van der Waals surface area contributed by atoms with Gasteiger partial charge < -0.3 is 14.8 Å². The summed E-state index contributed by atoms with van der Waals surface area (Å²) in [4.78, 5) is 12.3. The minimum Gasteiger partial charge on any atom is -0.492 e. The summed E-state index contributed by atoms with van der Waals surface area (Å²) in [5.41, 5.74) is 0. The van der Waals surface area contributed by atoms with Crippen molar-refractivity contribution in [2.24, 2.45) is 0 Å². The number of carbonyl (C=O) groups excluding carboxylic acids is 1. The van der Waals surface area contributed by atoms with Gasteiger partial charge in [-0.2, -0.15) is 4.31 Å². The van der Waals surface area contributed by atoms with E-state index in [4.69, 9.17) is 9.47 Å². The minimum atomic E-state index is -3.44. The third-order valence-electron chi connectivity index (χ3n) is 4.69. The van der Waals surface area contributed by atoms with Gasteiger partial charge in [-0.25, -0.2) is 12.8 Å². The van der Waals surface area contributed by atoms with E-state index in [-0.39, 0.29) is 29.8 Å². The van der Waals surface area contributed by atoms with Crippen LogP contribution in [0.1, 0.15) is 19.8 Å². The zero-order valence-electron chi connectivity index (χ0n) is 16.7.